The van der Waals surface area contributed by atoms with Crippen LogP contribution < -0.4 is 5.73 Å². The summed E-state index contributed by atoms with van der Waals surface area (Å²) in [5, 5.41) is 0.414. The second-order valence-corrected chi connectivity index (χ2v) is 6.29. The largest absolute Gasteiger partial charge is 0.396 e. The summed E-state index contributed by atoms with van der Waals surface area (Å²) in [7, 11) is 0. The van der Waals surface area contributed by atoms with Gasteiger partial charge in [0.1, 0.15) is 5.82 Å². The van der Waals surface area contributed by atoms with Gasteiger partial charge < -0.3 is 5.73 Å². The molecule has 0 fully saturated rings. The van der Waals surface area contributed by atoms with E-state index < -0.39 is 5.82 Å². The molecule has 0 radical (unpaired) electrons. The van der Waals surface area contributed by atoms with Crippen LogP contribution in [0, 0.1) is 5.82 Å². The molecule has 0 aromatic heterocycles. The summed E-state index contributed by atoms with van der Waals surface area (Å²) in [6, 6.07) is 2.83. The van der Waals surface area contributed by atoms with Gasteiger partial charge in [0.2, 0.25) is 0 Å². The third-order valence-electron chi connectivity index (χ3n) is 1.47. The smallest absolute Gasteiger partial charge is 0.147 e. The lowest BCUT2D eigenvalue weighted by molar-refractivity contribution is 0.631. The van der Waals surface area contributed by atoms with Crippen LogP contribution >= 0.6 is 23.4 Å². The Balaban J connectivity index is 3.04. The molecular weight excluding hydrogens is 221 g/mol. The molecule has 2 N–H and O–H groups in total. The van der Waals surface area contributed by atoms with Gasteiger partial charge in [0.05, 0.1) is 10.7 Å². The molecule has 0 bridgehead atoms. The topological polar surface area (TPSA) is 26.0 Å². The average molecular weight is 234 g/mol. The molecule has 1 aromatic carbocycles. The first kappa shape index (κ1) is 11.7. The van der Waals surface area contributed by atoms with E-state index in [4.69, 9.17) is 17.3 Å². The monoisotopic (exact) mass is 233 g/mol. The number of anilines is 1. The second-order valence-electron chi connectivity index (χ2n) is 4.02. The highest BCUT2D eigenvalue weighted by molar-refractivity contribution is 8.00. The van der Waals surface area contributed by atoms with Gasteiger partial charge >= 0.3 is 0 Å². The first-order valence-electron chi connectivity index (χ1n) is 4.23. The Labute approximate surface area is 92.8 Å². The highest BCUT2D eigenvalue weighted by Crippen LogP contribution is 2.38. The van der Waals surface area contributed by atoms with Crippen molar-refractivity contribution in [2.75, 3.05) is 5.73 Å². The highest BCUT2D eigenvalue weighted by Gasteiger charge is 2.15. The molecule has 0 saturated heterocycles. The Morgan fingerprint density at radius 1 is 1.36 bits per heavy atom. The first-order valence-corrected chi connectivity index (χ1v) is 5.42. The van der Waals surface area contributed by atoms with Gasteiger partial charge in [-0.05, 0) is 12.1 Å². The van der Waals surface area contributed by atoms with Crippen LogP contribution in [0.2, 0.25) is 5.02 Å². The number of hydrogen-bond acceptors (Lipinski definition) is 2. The van der Waals surface area contributed by atoms with Crippen LogP contribution in [0.25, 0.3) is 0 Å². The van der Waals surface area contributed by atoms with Crippen molar-refractivity contribution in [1.82, 2.24) is 0 Å². The van der Waals surface area contributed by atoms with Crippen molar-refractivity contribution in [3.05, 3.63) is 23.0 Å². The molecule has 1 rings (SSSR count). The van der Waals surface area contributed by atoms with Crippen molar-refractivity contribution in [2.45, 2.75) is 30.4 Å². The normalized spacial score (nSPS) is 11.8. The van der Waals surface area contributed by atoms with Crippen molar-refractivity contribution in [1.29, 1.82) is 0 Å². The summed E-state index contributed by atoms with van der Waals surface area (Å²) < 4.78 is 13.0. The molecule has 0 atom stereocenters. The lowest BCUT2D eigenvalue weighted by atomic mass is 10.3. The molecule has 0 aliphatic carbocycles. The fraction of sp³-hybridized carbons (Fsp3) is 0.400. The third kappa shape index (κ3) is 3.07. The van der Waals surface area contributed by atoms with E-state index in [-0.39, 0.29) is 10.4 Å². The van der Waals surface area contributed by atoms with Crippen molar-refractivity contribution in [3.63, 3.8) is 0 Å². The molecule has 0 unspecified atom stereocenters. The van der Waals surface area contributed by atoms with E-state index in [1.165, 1.54) is 6.07 Å². The minimum absolute atomic E-state index is 0.0356. The minimum Gasteiger partial charge on any atom is -0.396 e. The van der Waals surface area contributed by atoms with E-state index in [1.807, 2.05) is 0 Å². The van der Waals surface area contributed by atoms with Gasteiger partial charge in [-0.15, -0.1) is 11.8 Å². The summed E-state index contributed by atoms with van der Waals surface area (Å²) in [6.07, 6.45) is 0. The molecule has 0 amide bonds. The van der Waals surface area contributed by atoms with Crippen LogP contribution in [-0.2, 0) is 0 Å². The van der Waals surface area contributed by atoms with E-state index in [0.29, 0.717) is 5.02 Å². The Hall–Kier alpha value is -0.410. The summed E-state index contributed by atoms with van der Waals surface area (Å²) >= 11 is 7.46. The molecule has 0 saturated carbocycles. The van der Waals surface area contributed by atoms with E-state index in [0.717, 1.165) is 4.90 Å². The maximum atomic E-state index is 13.0. The lowest BCUT2D eigenvalue weighted by Crippen LogP contribution is -2.07. The van der Waals surface area contributed by atoms with E-state index >= 15 is 0 Å². The van der Waals surface area contributed by atoms with Crippen LogP contribution in [0.4, 0.5) is 10.1 Å². The van der Waals surface area contributed by atoms with Crippen molar-refractivity contribution in [3.8, 4) is 0 Å². The van der Waals surface area contributed by atoms with Crippen molar-refractivity contribution >= 4 is 29.1 Å². The van der Waals surface area contributed by atoms with Crippen LogP contribution in [0.3, 0.4) is 0 Å². The zero-order valence-corrected chi connectivity index (χ0v) is 9.97. The maximum Gasteiger partial charge on any atom is 0.147 e. The number of halogens is 2. The maximum absolute atomic E-state index is 13.0. The molecule has 0 heterocycles. The second kappa shape index (κ2) is 3.99. The standard InChI is InChI=1S/C10H13ClFNS/c1-10(2,3)14-9-5-8(13)7(12)4-6(9)11/h4-5H,13H2,1-3H3. The Morgan fingerprint density at radius 3 is 2.43 bits per heavy atom. The van der Waals surface area contributed by atoms with E-state index in [9.17, 15) is 4.39 Å². The number of thioether (sulfide) groups is 1. The quantitative estimate of drug-likeness (QED) is 0.587. The molecule has 1 aromatic rings. The van der Waals surface area contributed by atoms with Gasteiger partial charge in [0.15, 0.2) is 0 Å². The molecule has 1 nitrogen and oxygen atoms in total. The third-order valence-corrected chi connectivity index (χ3v) is 3.06. The Kier molecular flexibility index (Phi) is 3.32. The summed E-state index contributed by atoms with van der Waals surface area (Å²) in [4.78, 5) is 0.818. The number of nitrogens with two attached hydrogens (primary N) is 1. The van der Waals surface area contributed by atoms with Gasteiger partial charge in [-0.25, -0.2) is 4.39 Å². The van der Waals surface area contributed by atoms with E-state index in [1.54, 1.807) is 17.8 Å². The number of nitrogen functional groups attached to an aromatic ring is 1. The predicted molar refractivity (Wildman–Crippen MR) is 61.4 cm³/mol. The zero-order valence-electron chi connectivity index (χ0n) is 8.40. The molecule has 78 valence electrons. The minimum atomic E-state index is -0.465. The number of benzene rings is 1. The SMILES string of the molecule is CC(C)(C)Sc1cc(N)c(F)cc1Cl. The zero-order chi connectivity index (χ0) is 10.9. The van der Waals surface area contributed by atoms with E-state index in [2.05, 4.69) is 20.8 Å². The molecule has 0 aliphatic rings. The average Bonchev–Trinajstić information content (AvgIpc) is 1.97. The van der Waals surface area contributed by atoms with Crippen LogP contribution in [-0.4, -0.2) is 4.75 Å². The Morgan fingerprint density at radius 2 is 1.93 bits per heavy atom. The fourth-order valence-electron chi connectivity index (χ4n) is 0.953. The van der Waals surface area contributed by atoms with Crippen LogP contribution in [0.5, 0.6) is 0 Å². The molecule has 0 spiro atoms. The summed E-state index contributed by atoms with van der Waals surface area (Å²) in [5.74, 6) is -0.465. The van der Waals surface area contributed by atoms with Gasteiger partial charge in [0.25, 0.3) is 0 Å². The number of rotatable bonds is 1. The van der Waals surface area contributed by atoms with Crippen molar-refractivity contribution in [2.24, 2.45) is 0 Å². The van der Waals surface area contributed by atoms with Crippen molar-refractivity contribution < 1.29 is 4.39 Å². The Bertz CT molecular complexity index is 347. The van der Waals surface area contributed by atoms with Gasteiger partial charge in [-0.1, -0.05) is 32.4 Å². The fourth-order valence-corrected chi connectivity index (χ4v) is 2.22. The molecule has 0 aliphatic heterocycles. The number of hydrogen-bond donors (Lipinski definition) is 1. The molecule has 4 heteroatoms. The first-order chi connectivity index (χ1) is 6.29. The van der Waals surface area contributed by atoms with Crippen LogP contribution in [0.1, 0.15) is 20.8 Å². The van der Waals surface area contributed by atoms with Gasteiger partial charge in [-0.2, -0.15) is 0 Å². The highest BCUT2D eigenvalue weighted by atomic mass is 35.5. The summed E-state index contributed by atoms with van der Waals surface area (Å²) in [5.41, 5.74) is 5.60. The van der Waals surface area contributed by atoms with Crippen LogP contribution in [0.15, 0.2) is 17.0 Å². The van der Waals surface area contributed by atoms with Gasteiger partial charge in [0, 0.05) is 9.64 Å². The molecular formula is C10H13ClFNS. The summed E-state index contributed by atoms with van der Waals surface area (Å²) in [6.45, 7) is 6.19. The lowest BCUT2D eigenvalue weighted by Gasteiger charge is -2.18. The molecule has 14 heavy (non-hydrogen) atoms. The van der Waals surface area contributed by atoms with Gasteiger partial charge in [-0.3, -0.25) is 0 Å². The predicted octanol–water partition coefficient (Wildman–Crippen LogP) is 3.95.